The van der Waals surface area contributed by atoms with Gasteiger partial charge in [-0.25, -0.2) is 0 Å². The van der Waals surface area contributed by atoms with Crippen molar-refractivity contribution in [1.29, 1.82) is 0 Å². The molecule has 0 radical (unpaired) electrons. The molecular weight excluding hydrogens is 240 g/mol. The van der Waals surface area contributed by atoms with Crippen molar-refractivity contribution < 1.29 is 9.53 Å². The number of ether oxygens (including phenoxy) is 1. The average Bonchev–Trinajstić information content (AvgIpc) is 3.14. The number of benzene rings is 1. The van der Waals surface area contributed by atoms with E-state index in [4.69, 9.17) is 4.74 Å². The lowest BCUT2D eigenvalue weighted by Gasteiger charge is -2.24. The molecule has 0 bridgehead atoms. The predicted molar refractivity (Wildman–Crippen MR) is 73.8 cm³/mol. The van der Waals surface area contributed by atoms with Crippen LogP contribution in [0.25, 0.3) is 10.9 Å². The number of hydrogen-bond acceptors (Lipinski definition) is 3. The fraction of sp³-hybridized carbons (Fsp3) is 0.400. The molecule has 0 spiro atoms. The van der Waals surface area contributed by atoms with Crippen LogP contribution in [0.1, 0.15) is 24.4 Å². The Kier molecular flexibility index (Phi) is 2.82. The predicted octanol–water partition coefficient (Wildman–Crippen LogP) is 2.38. The van der Waals surface area contributed by atoms with Crippen LogP contribution in [0.2, 0.25) is 0 Å². The summed E-state index contributed by atoms with van der Waals surface area (Å²) in [5.74, 6) is -0.114. The van der Waals surface area contributed by atoms with Crippen LogP contribution in [-0.2, 0) is 9.53 Å². The van der Waals surface area contributed by atoms with Crippen LogP contribution in [0.15, 0.2) is 30.5 Å². The largest absolute Gasteiger partial charge is 0.469 e. The third-order valence-corrected chi connectivity index (χ3v) is 4.15. The van der Waals surface area contributed by atoms with Crippen molar-refractivity contribution in [2.75, 3.05) is 14.2 Å². The number of aromatic amines is 1. The summed E-state index contributed by atoms with van der Waals surface area (Å²) >= 11 is 0. The van der Waals surface area contributed by atoms with E-state index in [9.17, 15) is 4.79 Å². The third kappa shape index (κ3) is 1.75. The van der Waals surface area contributed by atoms with Gasteiger partial charge < -0.3 is 15.0 Å². The van der Waals surface area contributed by atoms with Gasteiger partial charge in [-0.1, -0.05) is 18.2 Å². The molecule has 4 heteroatoms. The van der Waals surface area contributed by atoms with Gasteiger partial charge in [0.1, 0.15) is 0 Å². The SMILES string of the molecule is CNC(c1c[nH]c2ccccc12)C1(C(=O)OC)CC1. The molecule has 100 valence electrons. The molecule has 0 amide bonds. The van der Waals surface area contributed by atoms with Gasteiger partial charge in [0, 0.05) is 17.1 Å². The van der Waals surface area contributed by atoms with Gasteiger partial charge in [-0.05, 0) is 31.5 Å². The minimum Gasteiger partial charge on any atom is -0.469 e. The van der Waals surface area contributed by atoms with E-state index in [2.05, 4.69) is 16.4 Å². The summed E-state index contributed by atoms with van der Waals surface area (Å²) in [5, 5.41) is 4.46. The Morgan fingerprint density at radius 1 is 1.42 bits per heavy atom. The number of carbonyl (C=O) groups excluding carboxylic acids is 1. The highest BCUT2D eigenvalue weighted by molar-refractivity contribution is 5.87. The Labute approximate surface area is 112 Å². The highest BCUT2D eigenvalue weighted by atomic mass is 16.5. The number of aromatic nitrogens is 1. The van der Waals surface area contributed by atoms with E-state index in [0.29, 0.717) is 0 Å². The van der Waals surface area contributed by atoms with Crippen molar-refractivity contribution in [1.82, 2.24) is 10.3 Å². The van der Waals surface area contributed by atoms with Gasteiger partial charge in [-0.3, -0.25) is 4.79 Å². The maximum atomic E-state index is 12.1. The van der Waals surface area contributed by atoms with E-state index in [1.165, 1.54) is 7.11 Å². The minimum atomic E-state index is -0.394. The molecule has 4 nitrogen and oxygen atoms in total. The smallest absolute Gasteiger partial charge is 0.313 e. The molecule has 1 heterocycles. The molecule has 1 aromatic carbocycles. The fourth-order valence-electron chi connectivity index (χ4n) is 3.01. The monoisotopic (exact) mass is 258 g/mol. The Morgan fingerprint density at radius 3 is 2.79 bits per heavy atom. The zero-order valence-electron chi connectivity index (χ0n) is 11.2. The summed E-state index contributed by atoms with van der Waals surface area (Å²) in [6, 6.07) is 8.15. The van der Waals surface area contributed by atoms with Gasteiger partial charge >= 0.3 is 5.97 Å². The number of hydrogen-bond donors (Lipinski definition) is 2. The summed E-state index contributed by atoms with van der Waals surface area (Å²) in [5.41, 5.74) is 1.84. The first-order valence-electron chi connectivity index (χ1n) is 6.54. The Morgan fingerprint density at radius 2 is 2.16 bits per heavy atom. The van der Waals surface area contributed by atoms with Crippen LogP contribution in [0.5, 0.6) is 0 Å². The first-order valence-corrected chi connectivity index (χ1v) is 6.54. The van der Waals surface area contributed by atoms with E-state index >= 15 is 0 Å². The molecule has 0 aliphatic heterocycles. The number of carbonyl (C=O) groups is 1. The molecular formula is C15H18N2O2. The Balaban J connectivity index is 2.06. The van der Waals surface area contributed by atoms with Crippen molar-refractivity contribution in [3.63, 3.8) is 0 Å². The number of nitrogens with one attached hydrogen (secondary N) is 2. The first kappa shape index (κ1) is 12.2. The number of rotatable bonds is 4. The Bertz CT molecular complexity index is 613. The molecule has 1 aliphatic carbocycles. The summed E-state index contributed by atoms with van der Waals surface area (Å²) in [7, 11) is 3.36. The Hall–Kier alpha value is -1.81. The second kappa shape index (κ2) is 4.38. The van der Waals surface area contributed by atoms with Crippen LogP contribution < -0.4 is 5.32 Å². The van der Waals surface area contributed by atoms with E-state index in [0.717, 1.165) is 29.3 Å². The molecule has 1 aliphatic rings. The molecule has 1 unspecified atom stereocenters. The van der Waals surface area contributed by atoms with Crippen molar-refractivity contribution in [3.8, 4) is 0 Å². The normalized spacial score (nSPS) is 18.2. The lowest BCUT2D eigenvalue weighted by molar-refractivity contribution is -0.148. The second-order valence-electron chi connectivity index (χ2n) is 5.16. The molecule has 0 saturated heterocycles. The maximum absolute atomic E-state index is 12.1. The summed E-state index contributed by atoms with van der Waals surface area (Å²) in [6.45, 7) is 0. The lowest BCUT2D eigenvalue weighted by atomic mass is 9.90. The van der Waals surface area contributed by atoms with E-state index in [1.807, 2.05) is 31.4 Å². The average molecular weight is 258 g/mol. The topological polar surface area (TPSA) is 54.1 Å². The zero-order chi connectivity index (χ0) is 13.5. The molecule has 1 atom stereocenters. The highest BCUT2D eigenvalue weighted by Crippen LogP contribution is 2.56. The number of para-hydroxylation sites is 1. The van der Waals surface area contributed by atoms with Gasteiger partial charge in [0.25, 0.3) is 0 Å². The summed E-state index contributed by atoms with van der Waals surface area (Å²) < 4.78 is 4.98. The van der Waals surface area contributed by atoms with Gasteiger partial charge in [-0.15, -0.1) is 0 Å². The highest BCUT2D eigenvalue weighted by Gasteiger charge is 2.57. The molecule has 3 rings (SSSR count). The van der Waals surface area contributed by atoms with Crippen molar-refractivity contribution >= 4 is 16.9 Å². The van der Waals surface area contributed by atoms with E-state index in [-0.39, 0.29) is 12.0 Å². The quantitative estimate of drug-likeness (QED) is 0.828. The van der Waals surface area contributed by atoms with Crippen LogP contribution in [-0.4, -0.2) is 25.1 Å². The first-order chi connectivity index (χ1) is 9.23. The van der Waals surface area contributed by atoms with Gasteiger partial charge in [0.2, 0.25) is 0 Å². The third-order valence-electron chi connectivity index (χ3n) is 4.15. The molecule has 2 N–H and O–H groups in total. The number of fused-ring (bicyclic) bond motifs is 1. The second-order valence-corrected chi connectivity index (χ2v) is 5.16. The van der Waals surface area contributed by atoms with Crippen LogP contribution >= 0.6 is 0 Å². The zero-order valence-corrected chi connectivity index (χ0v) is 11.2. The molecule has 2 aromatic rings. The lowest BCUT2D eigenvalue weighted by Crippen LogP contribution is -2.33. The molecule has 1 saturated carbocycles. The van der Waals surface area contributed by atoms with Gasteiger partial charge in [-0.2, -0.15) is 0 Å². The van der Waals surface area contributed by atoms with Gasteiger partial charge in [0.15, 0.2) is 0 Å². The van der Waals surface area contributed by atoms with Crippen molar-refractivity contribution in [2.24, 2.45) is 5.41 Å². The number of esters is 1. The summed E-state index contributed by atoms with van der Waals surface area (Å²) in [6.07, 6.45) is 3.75. The van der Waals surface area contributed by atoms with Crippen LogP contribution in [0.3, 0.4) is 0 Å². The fourth-order valence-corrected chi connectivity index (χ4v) is 3.01. The standard InChI is InChI=1S/C15H18N2O2/c1-16-13(15(7-8-15)14(18)19-2)11-9-17-12-6-4-3-5-10(11)12/h3-6,9,13,16-17H,7-8H2,1-2H3. The number of H-pyrrole nitrogens is 1. The van der Waals surface area contributed by atoms with Crippen molar-refractivity contribution in [2.45, 2.75) is 18.9 Å². The van der Waals surface area contributed by atoms with E-state index < -0.39 is 5.41 Å². The molecule has 19 heavy (non-hydrogen) atoms. The van der Waals surface area contributed by atoms with E-state index in [1.54, 1.807) is 0 Å². The van der Waals surface area contributed by atoms with Gasteiger partial charge in [0.05, 0.1) is 18.6 Å². The van der Waals surface area contributed by atoms with Crippen LogP contribution in [0.4, 0.5) is 0 Å². The molecule has 1 fully saturated rings. The van der Waals surface area contributed by atoms with Crippen molar-refractivity contribution in [3.05, 3.63) is 36.0 Å². The minimum absolute atomic E-state index is 0.00361. The maximum Gasteiger partial charge on any atom is 0.313 e. The molecule has 1 aromatic heterocycles. The van der Waals surface area contributed by atoms with Crippen LogP contribution in [0, 0.1) is 5.41 Å². The summed E-state index contributed by atoms with van der Waals surface area (Å²) in [4.78, 5) is 15.3. The number of methoxy groups -OCH3 is 1.